The Bertz CT molecular complexity index is 660. The van der Waals surface area contributed by atoms with Crippen molar-refractivity contribution in [1.82, 2.24) is 10.3 Å². The summed E-state index contributed by atoms with van der Waals surface area (Å²) in [4.78, 5) is 24.4. The van der Waals surface area contributed by atoms with Crippen LogP contribution in [0.5, 0.6) is 0 Å². The zero-order valence-corrected chi connectivity index (χ0v) is 10.9. The third kappa shape index (κ3) is 3.06. The van der Waals surface area contributed by atoms with Gasteiger partial charge in [0.1, 0.15) is 0 Å². The number of aliphatic hydroxyl groups excluding tert-OH is 1. The molecule has 1 heterocycles. The van der Waals surface area contributed by atoms with Crippen LogP contribution in [0.3, 0.4) is 0 Å². The fraction of sp³-hybridized carbons (Fsp3) is 0.385. The van der Waals surface area contributed by atoms with Crippen molar-refractivity contribution in [3.63, 3.8) is 0 Å². The van der Waals surface area contributed by atoms with Crippen LogP contribution in [-0.2, 0) is 4.79 Å². The molecule has 1 aromatic heterocycles. The zero-order chi connectivity index (χ0) is 14.7. The van der Waals surface area contributed by atoms with Gasteiger partial charge in [0.2, 0.25) is 0 Å². The average molecular weight is 280 g/mol. The number of hydrogen-bond acceptors (Lipinski definition) is 5. The van der Waals surface area contributed by atoms with Crippen LogP contribution in [0, 0.1) is 0 Å². The average Bonchev–Trinajstić information content (AvgIpc) is 2.75. The summed E-state index contributed by atoms with van der Waals surface area (Å²) in [7, 11) is 0. The van der Waals surface area contributed by atoms with Gasteiger partial charge in [-0.25, -0.2) is 4.79 Å². The van der Waals surface area contributed by atoms with Gasteiger partial charge in [0.15, 0.2) is 5.58 Å². The lowest BCUT2D eigenvalue weighted by molar-refractivity contribution is -0.138. The third-order valence-electron chi connectivity index (χ3n) is 3.03. The van der Waals surface area contributed by atoms with E-state index in [1.165, 1.54) is 6.07 Å². The number of aliphatic carboxylic acids is 1. The number of benzene rings is 1. The van der Waals surface area contributed by atoms with Crippen molar-refractivity contribution in [2.24, 2.45) is 0 Å². The quantitative estimate of drug-likeness (QED) is 0.616. The van der Waals surface area contributed by atoms with Gasteiger partial charge in [-0.2, -0.15) is 0 Å². The van der Waals surface area contributed by atoms with Crippen LogP contribution in [0.2, 0.25) is 0 Å². The van der Waals surface area contributed by atoms with Crippen LogP contribution >= 0.6 is 0 Å². The molecule has 0 fully saturated rings. The Morgan fingerprint density at radius 1 is 1.50 bits per heavy atom. The number of aromatic nitrogens is 1. The molecule has 2 atom stereocenters. The van der Waals surface area contributed by atoms with Crippen molar-refractivity contribution in [3.8, 4) is 0 Å². The summed E-state index contributed by atoms with van der Waals surface area (Å²) in [6.45, 7) is 2.37. The summed E-state index contributed by atoms with van der Waals surface area (Å²) in [5.41, 5.74) is 1.36. The minimum atomic E-state index is -1.00. The third-order valence-corrected chi connectivity index (χ3v) is 3.03. The molecule has 7 nitrogen and oxygen atoms in total. The first-order chi connectivity index (χ1) is 9.51. The van der Waals surface area contributed by atoms with E-state index >= 15 is 0 Å². The predicted octanol–water partition coefficient (Wildman–Crippen LogP) is 0.607. The Morgan fingerprint density at radius 2 is 2.25 bits per heavy atom. The summed E-state index contributed by atoms with van der Waals surface area (Å²) in [5, 5.41) is 22.1. The van der Waals surface area contributed by atoms with E-state index in [0.717, 1.165) is 0 Å². The lowest BCUT2D eigenvalue weighted by Crippen LogP contribution is -2.36. The number of likely N-dealkylation sites (N-methyl/N-ethyl adjacent to an activating group) is 1. The smallest absolute Gasteiger partial charge is 0.417 e. The van der Waals surface area contributed by atoms with Crippen LogP contribution in [0.25, 0.3) is 11.1 Å². The van der Waals surface area contributed by atoms with E-state index in [0.29, 0.717) is 23.2 Å². The lowest BCUT2D eigenvalue weighted by atomic mass is 9.99. The second-order valence-corrected chi connectivity index (χ2v) is 4.48. The fourth-order valence-corrected chi connectivity index (χ4v) is 2.12. The van der Waals surface area contributed by atoms with E-state index < -0.39 is 23.9 Å². The Balaban J connectivity index is 2.29. The molecule has 7 heteroatoms. The van der Waals surface area contributed by atoms with Crippen molar-refractivity contribution < 1.29 is 19.4 Å². The van der Waals surface area contributed by atoms with E-state index in [1.54, 1.807) is 12.1 Å². The highest BCUT2D eigenvalue weighted by Crippen LogP contribution is 2.22. The molecule has 20 heavy (non-hydrogen) atoms. The number of aromatic amines is 1. The van der Waals surface area contributed by atoms with Gasteiger partial charge in [0, 0.05) is 6.04 Å². The molecule has 0 saturated carbocycles. The minimum Gasteiger partial charge on any atom is -0.481 e. The highest BCUT2D eigenvalue weighted by atomic mass is 16.4. The second kappa shape index (κ2) is 5.89. The monoisotopic (exact) mass is 280 g/mol. The largest absolute Gasteiger partial charge is 0.481 e. The van der Waals surface area contributed by atoms with Crippen LogP contribution in [0.15, 0.2) is 27.4 Å². The zero-order valence-electron chi connectivity index (χ0n) is 10.9. The number of fused-ring (bicyclic) bond motifs is 1. The molecule has 0 aliphatic carbocycles. The predicted molar refractivity (Wildman–Crippen MR) is 71.5 cm³/mol. The first-order valence-corrected chi connectivity index (χ1v) is 6.27. The Kier molecular flexibility index (Phi) is 4.21. The molecular formula is C13H16N2O5. The molecule has 2 unspecified atom stereocenters. The van der Waals surface area contributed by atoms with Gasteiger partial charge < -0.3 is 19.9 Å². The molecule has 0 aliphatic rings. The molecule has 0 spiro atoms. The van der Waals surface area contributed by atoms with Gasteiger partial charge in [-0.1, -0.05) is 13.0 Å². The minimum absolute atomic E-state index is 0.204. The second-order valence-electron chi connectivity index (χ2n) is 4.48. The van der Waals surface area contributed by atoms with Crippen molar-refractivity contribution in [2.45, 2.75) is 25.5 Å². The molecule has 108 valence electrons. The molecule has 2 rings (SSSR count). The molecule has 0 aliphatic heterocycles. The van der Waals surface area contributed by atoms with Gasteiger partial charge >= 0.3 is 11.7 Å². The van der Waals surface area contributed by atoms with Crippen molar-refractivity contribution in [3.05, 3.63) is 34.3 Å². The van der Waals surface area contributed by atoms with Crippen LogP contribution in [0.1, 0.15) is 25.0 Å². The van der Waals surface area contributed by atoms with E-state index in [9.17, 15) is 14.7 Å². The molecule has 0 bridgehead atoms. The number of carboxylic acid groups (broad SMARTS) is 1. The molecule has 0 radical (unpaired) electrons. The number of hydrogen-bond donors (Lipinski definition) is 4. The summed E-state index contributed by atoms with van der Waals surface area (Å²) in [5.74, 6) is -1.57. The topological polar surface area (TPSA) is 116 Å². The number of nitrogens with one attached hydrogen (secondary N) is 2. The number of carboxylic acids is 1. The van der Waals surface area contributed by atoms with E-state index in [2.05, 4.69) is 10.3 Å². The summed E-state index contributed by atoms with van der Waals surface area (Å²) in [6.07, 6.45) is -1.21. The SMILES string of the molecule is CCNC(CC(=O)O)C(O)c1ccc2[nH]c(=O)oc2c1. The Hall–Kier alpha value is -2.12. The van der Waals surface area contributed by atoms with Gasteiger partial charge in [0.05, 0.1) is 18.0 Å². The van der Waals surface area contributed by atoms with Crippen LogP contribution < -0.4 is 11.1 Å². The summed E-state index contributed by atoms with van der Waals surface area (Å²) < 4.78 is 4.92. The van der Waals surface area contributed by atoms with Crippen molar-refractivity contribution in [2.75, 3.05) is 6.54 Å². The molecule has 1 aromatic carbocycles. The molecule has 0 saturated heterocycles. The van der Waals surface area contributed by atoms with Crippen LogP contribution in [0.4, 0.5) is 0 Å². The van der Waals surface area contributed by atoms with E-state index in [1.807, 2.05) is 6.92 Å². The van der Waals surface area contributed by atoms with Crippen molar-refractivity contribution in [1.29, 1.82) is 0 Å². The Labute approximate surface area is 114 Å². The molecule has 2 aromatic rings. The number of H-pyrrole nitrogens is 1. The Morgan fingerprint density at radius 3 is 2.90 bits per heavy atom. The van der Waals surface area contributed by atoms with Crippen LogP contribution in [-0.4, -0.2) is 33.8 Å². The molecule has 0 amide bonds. The highest BCUT2D eigenvalue weighted by molar-refractivity contribution is 5.73. The first kappa shape index (κ1) is 14.3. The maximum Gasteiger partial charge on any atom is 0.417 e. The number of aliphatic hydroxyl groups is 1. The summed E-state index contributed by atoms with van der Waals surface area (Å²) in [6, 6.07) is 4.16. The maximum absolute atomic E-state index is 11.1. The molecular weight excluding hydrogens is 264 g/mol. The normalized spacial score (nSPS) is 14.3. The summed E-state index contributed by atoms with van der Waals surface area (Å²) >= 11 is 0. The first-order valence-electron chi connectivity index (χ1n) is 6.27. The fourth-order valence-electron chi connectivity index (χ4n) is 2.12. The number of carbonyl (C=O) groups is 1. The molecule has 4 N–H and O–H groups in total. The van der Waals surface area contributed by atoms with Gasteiger partial charge in [0.25, 0.3) is 0 Å². The number of rotatable bonds is 6. The lowest BCUT2D eigenvalue weighted by Gasteiger charge is -2.22. The van der Waals surface area contributed by atoms with Gasteiger partial charge in [-0.15, -0.1) is 0 Å². The van der Waals surface area contributed by atoms with Gasteiger partial charge in [-0.05, 0) is 24.2 Å². The highest BCUT2D eigenvalue weighted by Gasteiger charge is 2.23. The van der Waals surface area contributed by atoms with Gasteiger partial charge in [-0.3, -0.25) is 9.78 Å². The maximum atomic E-state index is 11.1. The van der Waals surface area contributed by atoms with E-state index in [-0.39, 0.29) is 6.42 Å². The number of oxazole rings is 1. The standard InChI is InChI=1S/C13H16N2O5/c1-2-14-9(6-11(16)17)12(18)7-3-4-8-10(5-7)20-13(19)15-8/h3-5,9,12,14,18H,2,6H2,1H3,(H,15,19)(H,16,17). The van der Waals surface area contributed by atoms with Crippen molar-refractivity contribution >= 4 is 17.1 Å². The van der Waals surface area contributed by atoms with E-state index in [4.69, 9.17) is 9.52 Å².